The van der Waals surface area contributed by atoms with Gasteiger partial charge in [-0.2, -0.15) is 0 Å². The number of ether oxygens (including phenoxy) is 1. The fourth-order valence-electron chi connectivity index (χ4n) is 8.62. The number of fused-ring (bicyclic) bond motifs is 2. The van der Waals surface area contributed by atoms with E-state index in [2.05, 4.69) is 75.4 Å². The lowest BCUT2D eigenvalue weighted by atomic mass is 9.76. The summed E-state index contributed by atoms with van der Waals surface area (Å²) in [4.78, 5) is 4.66. The first-order valence-electron chi connectivity index (χ1n) is 17.0. The minimum Gasteiger partial charge on any atom is -0.387 e. The van der Waals surface area contributed by atoms with E-state index in [9.17, 15) is 10.2 Å². The van der Waals surface area contributed by atoms with E-state index in [1.54, 1.807) is 0 Å². The van der Waals surface area contributed by atoms with Crippen molar-refractivity contribution in [1.29, 1.82) is 0 Å². The molecule has 3 saturated heterocycles. The second-order valence-electron chi connectivity index (χ2n) is 14.4. The summed E-state index contributed by atoms with van der Waals surface area (Å²) in [5.74, 6) is 1.49. The normalized spacial score (nSPS) is 40.8. The van der Waals surface area contributed by atoms with E-state index in [1.165, 1.54) is 49.0 Å². The lowest BCUT2D eigenvalue weighted by Gasteiger charge is -2.49. The molecular formula is C32H54N8O3. The van der Waals surface area contributed by atoms with Crippen LogP contribution in [0.25, 0.3) is 0 Å². The van der Waals surface area contributed by atoms with Crippen LogP contribution in [0.2, 0.25) is 0 Å². The van der Waals surface area contributed by atoms with Gasteiger partial charge in [0.25, 0.3) is 0 Å². The minimum atomic E-state index is -0.980. The van der Waals surface area contributed by atoms with Crippen LogP contribution in [0.5, 0.6) is 0 Å². The fourth-order valence-corrected chi connectivity index (χ4v) is 8.62. The molecule has 11 nitrogen and oxygen atoms in total. The molecule has 4 heterocycles. The predicted molar refractivity (Wildman–Crippen MR) is 168 cm³/mol. The zero-order valence-electron chi connectivity index (χ0n) is 26.1. The van der Waals surface area contributed by atoms with Gasteiger partial charge in [0.1, 0.15) is 24.5 Å². The van der Waals surface area contributed by atoms with Crippen LogP contribution in [-0.4, -0.2) is 101 Å². The summed E-state index contributed by atoms with van der Waals surface area (Å²) in [5, 5.41) is 40.3. The molecule has 0 amide bonds. The Kier molecular flexibility index (Phi) is 8.41. The van der Waals surface area contributed by atoms with Crippen molar-refractivity contribution in [2.24, 2.45) is 11.7 Å². The molecule has 5 fully saturated rings. The van der Waals surface area contributed by atoms with Gasteiger partial charge in [-0.25, -0.2) is 4.90 Å². The zero-order valence-corrected chi connectivity index (χ0v) is 26.1. The van der Waals surface area contributed by atoms with E-state index in [4.69, 9.17) is 10.5 Å². The fraction of sp³-hybridized carbons (Fsp3) is 0.812. The third-order valence-electron chi connectivity index (χ3n) is 11.2. The first kappa shape index (κ1) is 30.1. The van der Waals surface area contributed by atoms with Gasteiger partial charge in [-0.05, 0) is 88.3 Å². The second kappa shape index (κ2) is 12.0. The highest BCUT2D eigenvalue weighted by Gasteiger charge is 2.59. The Morgan fingerprint density at radius 1 is 1.09 bits per heavy atom. The Balaban J connectivity index is 0.922. The van der Waals surface area contributed by atoms with E-state index in [1.807, 2.05) is 0 Å². The summed E-state index contributed by atoms with van der Waals surface area (Å²) in [6, 6.07) is 7.68. The molecule has 0 bridgehead atoms. The summed E-state index contributed by atoms with van der Waals surface area (Å²) in [5.41, 5.74) is 9.99. The molecule has 2 saturated carbocycles. The van der Waals surface area contributed by atoms with Gasteiger partial charge in [0.15, 0.2) is 0 Å². The number of benzene rings is 1. The van der Waals surface area contributed by atoms with Crippen molar-refractivity contribution in [2.75, 3.05) is 30.5 Å². The summed E-state index contributed by atoms with van der Waals surface area (Å²) in [6.07, 6.45) is 6.32. The lowest BCUT2D eigenvalue weighted by Crippen LogP contribution is -2.76. The maximum Gasteiger partial charge on any atom is 0.142 e. The summed E-state index contributed by atoms with van der Waals surface area (Å²) >= 11 is 0. The van der Waals surface area contributed by atoms with Crippen LogP contribution in [0.4, 0.5) is 11.4 Å². The highest BCUT2D eigenvalue weighted by Crippen LogP contribution is 2.44. The molecule has 2 aliphatic carbocycles. The standard InChI is InChI=1S/C32H54N8O3/c1-4-11-32-29(30(33)34-16-36-32)35-17-40(32)31-28(42)27(41)25(43-31)15-39(18(2)3)22-12-19(13-22)5-10-26-37-23-9-8-21(20-6-7-20)14-24(23)38-26/h8-9,14,18-20,22,25-31,34-38,41-42H,4-7,10-13,15-17,33H2,1-3H3/t19-,22+,25-,26?,27-,28-,29?,30?,31-,32?/m1/s1. The smallest absolute Gasteiger partial charge is 0.142 e. The number of aliphatic hydroxyl groups is 2. The van der Waals surface area contributed by atoms with Crippen molar-refractivity contribution in [1.82, 2.24) is 25.8 Å². The molecule has 43 heavy (non-hydrogen) atoms. The number of nitrogens with two attached hydrogens (primary N) is 1. The summed E-state index contributed by atoms with van der Waals surface area (Å²) < 4.78 is 6.55. The highest BCUT2D eigenvalue weighted by atomic mass is 16.6. The van der Waals surface area contributed by atoms with E-state index in [0.717, 1.165) is 25.2 Å². The number of nitrogens with one attached hydrogen (secondary N) is 5. The average Bonchev–Trinajstić information content (AvgIpc) is 3.54. The van der Waals surface area contributed by atoms with Crippen LogP contribution in [0, 0.1) is 5.92 Å². The maximum atomic E-state index is 11.3. The summed E-state index contributed by atoms with van der Waals surface area (Å²) in [7, 11) is 0. The SMILES string of the molecule is CCCC12NCNC(N)C1NCN2[C@@H]1O[C@H](CN(C(C)C)[C@H]2C[C@@H](CCC3Nc4ccc(C5CC5)cc4N3)C2)[C@@H](O)[C@H]1O. The number of hydrogen-bond acceptors (Lipinski definition) is 11. The number of hydrogen-bond donors (Lipinski definition) is 8. The topological polar surface area (TPSA) is 142 Å². The van der Waals surface area contributed by atoms with Gasteiger partial charge in [-0.3, -0.25) is 20.9 Å². The highest BCUT2D eigenvalue weighted by molar-refractivity contribution is 5.75. The largest absolute Gasteiger partial charge is 0.387 e. The predicted octanol–water partition coefficient (Wildman–Crippen LogP) is 1.61. The minimum absolute atomic E-state index is 0.0173. The molecule has 4 aliphatic heterocycles. The Morgan fingerprint density at radius 2 is 1.88 bits per heavy atom. The van der Waals surface area contributed by atoms with Gasteiger partial charge in [0, 0.05) is 25.3 Å². The van der Waals surface area contributed by atoms with Crippen molar-refractivity contribution in [3.63, 3.8) is 0 Å². The molecule has 0 spiro atoms. The molecule has 1 aromatic carbocycles. The molecule has 8 atom stereocenters. The molecule has 7 rings (SSSR count). The van der Waals surface area contributed by atoms with Gasteiger partial charge in [0.05, 0.1) is 42.1 Å². The van der Waals surface area contributed by atoms with Crippen molar-refractivity contribution in [2.45, 2.75) is 139 Å². The lowest BCUT2D eigenvalue weighted by molar-refractivity contribution is -0.141. The number of anilines is 2. The molecule has 9 N–H and O–H groups in total. The van der Waals surface area contributed by atoms with Crippen LogP contribution in [0.3, 0.4) is 0 Å². The molecule has 11 heteroatoms. The second-order valence-corrected chi connectivity index (χ2v) is 14.4. The molecule has 0 aromatic heterocycles. The van der Waals surface area contributed by atoms with Crippen molar-refractivity contribution in [3.05, 3.63) is 23.8 Å². The first-order valence-corrected chi connectivity index (χ1v) is 17.0. The third kappa shape index (κ3) is 5.59. The van der Waals surface area contributed by atoms with Gasteiger partial charge in [-0.1, -0.05) is 19.4 Å². The number of aliphatic hydroxyl groups excluding tert-OH is 2. The van der Waals surface area contributed by atoms with E-state index in [-0.39, 0.29) is 12.2 Å². The zero-order chi connectivity index (χ0) is 29.9. The van der Waals surface area contributed by atoms with Crippen LogP contribution in [0.1, 0.15) is 83.6 Å². The average molecular weight is 599 g/mol. The molecule has 0 radical (unpaired) electrons. The van der Waals surface area contributed by atoms with Gasteiger partial charge < -0.3 is 31.3 Å². The van der Waals surface area contributed by atoms with E-state index in [0.29, 0.717) is 44.0 Å². The van der Waals surface area contributed by atoms with Crippen LogP contribution >= 0.6 is 0 Å². The molecule has 4 unspecified atom stereocenters. The Bertz CT molecular complexity index is 1130. The number of nitrogens with zero attached hydrogens (tertiary/aromatic N) is 2. The molecule has 240 valence electrons. The van der Waals surface area contributed by atoms with Crippen molar-refractivity contribution >= 4 is 11.4 Å². The van der Waals surface area contributed by atoms with Crippen LogP contribution < -0.4 is 32.3 Å². The van der Waals surface area contributed by atoms with Crippen molar-refractivity contribution in [3.8, 4) is 0 Å². The molecule has 6 aliphatic rings. The van der Waals surface area contributed by atoms with Gasteiger partial charge in [-0.15, -0.1) is 0 Å². The Hall–Kier alpha value is -1.54. The van der Waals surface area contributed by atoms with Gasteiger partial charge >= 0.3 is 0 Å². The summed E-state index contributed by atoms with van der Waals surface area (Å²) in [6.45, 7) is 8.38. The first-order chi connectivity index (χ1) is 20.8. The third-order valence-corrected chi connectivity index (χ3v) is 11.2. The molecule has 1 aromatic rings. The van der Waals surface area contributed by atoms with E-state index < -0.39 is 30.2 Å². The van der Waals surface area contributed by atoms with Crippen LogP contribution in [0.15, 0.2) is 18.2 Å². The van der Waals surface area contributed by atoms with Crippen molar-refractivity contribution < 1.29 is 14.9 Å². The quantitative estimate of drug-likeness (QED) is 0.188. The Labute approximate surface area is 256 Å². The van der Waals surface area contributed by atoms with E-state index >= 15 is 0 Å². The van der Waals surface area contributed by atoms with Crippen LogP contribution in [-0.2, 0) is 4.74 Å². The van der Waals surface area contributed by atoms with Gasteiger partial charge in [0.2, 0.25) is 0 Å². The molecular weight excluding hydrogens is 544 g/mol. The number of rotatable bonds is 11. The monoisotopic (exact) mass is 598 g/mol. The maximum absolute atomic E-state index is 11.3. The Morgan fingerprint density at radius 3 is 2.63 bits per heavy atom.